The Morgan fingerprint density at radius 3 is 2.90 bits per heavy atom. The Labute approximate surface area is 120 Å². The second-order valence-corrected chi connectivity index (χ2v) is 5.60. The van der Waals surface area contributed by atoms with E-state index in [4.69, 9.17) is 13.9 Å². The molecule has 1 fully saturated rings. The fraction of sp³-hybridized carbons (Fsp3) is 0.733. The monoisotopic (exact) mass is 283 g/mol. The molecule has 0 amide bonds. The van der Waals surface area contributed by atoms with Crippen LogP contribution in [0.5, 0.6) is 0 Å². The lowest BCUT2D eigenvalue weighted by Crippen LogP contribution is -2.43. The van der Waals surface area contributed by atoms with Crippen molar-refractivity contribution in [1.29, 1.82) is 0 Å². The van der Waals surface area contributed by atoms with Gasteiger partial charge in [-0.05, 0) is 32.9 Å². The van der Waals surface area contributed by atoms with Crippen molar-refractivity contribution < 1.29 is 19.0 Å². The second-order valence-electron chi connectivity index (χ2n) is 5.60. The lowest BCUT2D eigenvalue weighted by molar-refractivity contribution is -0.0637. The molecular weight excluding hydrogens is 258 g/mol. The molecule has 2 rings (SSSR count). The summed E-state index contributed by atoms with van der Waals surface area (Å²) >= 11 is 0. The maximum Gasteiger partial charge on any atom is 0.134 e. The Hall–Kier alpha value is -0.880. The van der Waals surface area contributed by atoms with Gasteiger partial charge in [-0.1, -0.05) is 0 Å². The molecule has 1 aliphatic heterocycles. The van der Waals surface area contributed by atoms with Crippen molar-refractivity contribution in [3.05, 3.63) is 23.7 Å². The summed E-state index contributed by atoms with van der Waals surface area (Å²) in [5.41, 5.74) is 0. The van der Waals surface area contributed by atoms with E-state index in [-0.39, 0.29) is 12.2 Å². The van der Waals surface area contributed by atoms with Crippen LogP contribution in [0, 0.1) is 6.92 Å². The van der Waals surface area contributed by atoms with Gasteiger partial charge in [-0.2, -0.15) is 0 Å². The van der Waals surface area contributed by atoms with Gasteiger partial charge in [-0.15, -0.1) is 0 Å². The van der Waals surface area contributed by atoms with E-state index in [0.717, 1.165) is 24.6 Å². The number of aliphatic hydroxyl groups is 1. The minimum atomic E-state index is -0.463. The van der Waals surface area contributed by atoms with Crippen molar-refractivity contribution in [1.82, 2.24) is 4.90 Å². The third-order valence-corrected chi connectivity index (χ3v) is 3.32. The van der Waals surface area contributed by atoms with E-state index in [2.05, 4.69) is 4.90 Å². The number of nitrogens with zero attached hydrogens (tertiary/aromatic N) is 1. The van der Waals surface area contributed by atoms with E-state index in [1.807, 2.05) is 32.9 Å². The Kier molecular flexibility index (Phi) is 5.60. The highest BCUT2D eigenvalue weighted by molar-refractivity contribution is 5.09. The SMILES string of the molecule is Cc1ccc(C2CN(CC(O)COC(C)C)CCO2)o1. The number of rotatable bonds is 6. The number of aliphatic hydroxyl groups excluding tert-OH is 1. The summed E-state index contributed by atoms with van der Waals surface area (Å²) < 4.78 is 16.8. The zero-order valence-corrected chi connectivity index (χ0v) is 12.5. The van der Waals surface area contributed by atoms with Crippen LogP contribution in [0.1, 0.15) is 31.5 Å². The first-order valence-corrected chi connectivity index (χ1v) is 7.24. The number of ether oxygens (including phenoxy) is 2. The van der Waals surface area contributed by atoms with Crippen LogP contribution in [-0.2, 0) is 9.47 Å². The largest absolute Gasteiger partial charge is 0.464 e. The van der Waals surface area contributed by atoms with Crippen LogP contribution >= 0.6 is 0 Å². The molecule has 0 spiro atoms. The highest BCUT2D eigenvalue weighted by atomic mass is 16.5. The van der Waals surface area contributed by atoms with Crippen LogP contribution in [0.15, 0.2) is 16.5 Å². The molecule has 20 heavy (non-hydrogen) atoms. The minimum Gasteiger partial charge on any atom is -0.464 e. The van der Waals surface area contributed by atoms with Gasteiger partial charge in [0.15, 0.2) is 0 Å². The quantitative estimate of drug-likeness (QED) is 0.862. The Bertz CT molecular complexity index is 404. The predicted octanol–water partition coefficient (Wildman–Crippen LogP) is 1.75. The first-order valence-electron chi connectivity index (χ1n) is 7.24. The van der Waals surface area contributed by atoms with E-state index >= 15 is 0 Å². The summed E-state index contributed by atoms with van der Waals surface area (Å²) in [6.07, 6.45) is -0.363. The number of morpholine rings is 1. The molecule has 1 N–H and O–H groups in total. The molecule has 5 nitrogen and oxygen atoms in total. The molecule has 0 aliphatic carbocycles. The Morgan fingerprint density at radius 1 is 1.45 bits per heavy atom. The first kappa shape index (κ1) is 15.5. The molecule has 2 heterocycles. The molecule has 0 saturated carbocycles. The Balaban J connectivity index is 1.81. The molecule has 1 aliphatic rings. The molecule has 114 valence electrons. The van der Waals surface area contributed by atoms with E-state index < -0.39 is 6.10 Å². The summed E-state index contributed by atoms with van der Waals surface area (Å²) in [5.74, 6) is 1.76. The van der Waals surface area contributed by atoms with Crippen LogP contribution < -0.4 is 0 Å². The van der Waals surface area contributed by atoms with Crippen molar-refractivity contribution in [3.63, 3.8) is 0 Å². The topological polar surface area (TPSA) is 55.1 Å². The maximum absolute atomic E-state index is 9.98. The van der Waals surface area contributed by atoms with E-state index in [0.29, 0.717) is 19.8 Å². The van der Waals surface area contributed by atoms with Gasteiger partial charge in [0.1, 0.15) is 17.6 Å². The summed E-state index contributed by atoms with van der Waals surface area (Å²) in [7, 11) is 0. The van der Waals surface area contributed by atoms with Gasteiger partial charge in [0.25, 0.3) is 0 Å². The van der Waals surface area contributed by atoms with Gasteiger partial charge in [0.05, 0.1) is 25.4 Å². The van der Waals surface area contributed by atoms with Crippen LogP contribution in [-0.4, -0.2) is 55.1 Å². The molecule has 0 radical (unpaired) electrons. The van der Waals surface area contributed by atoms with Crippen LogP contribution in [0.2, 0.25) is 0 Å². The average molecular weight is 283 g/mol. The predicted molar refractivity (Wildman–Crippen MR) is 75.7 cm³/mol. The summed E-state index contributed by atoms with van der Waals surface area (Å²) in [6, 6.07) is 3.91. The van der Waals surface area contributed by atoms with Gasteiger partial charge in [0, 0.05) is 19.6 Å². The smallest absolute Gasteiger partial charge is 0.134 e. The van der Waals surface area contributed by atoms with Crippen molar-refractivity contribution in [2.24, 2.45) is 0 Å². The molecule has 0 bridgehead atoms. The van der Waals surface area contributed by atoms with Crippen molar-refractivity contribution in [2.75, 3.05) is 32.8 Å². The lowest BCUT2D eigenvalue weighted by Gasteiger charge is -2.33. The van der Waals surface area contributed by atoms with Crippen molar-refractivity contribution in [2.45, 2.75) is 39.1 Å². The molecular formula is C15H25NO4. The molecule has 2 unspecified atom stereocenters. The fourth-order valence-electron chi connectivity index (χ4n) is 2.32. The summed E-state index contributed by atoms with van der Waals surface area (Å²) in [6.45, 7) is 9.07. The summed E-state index contributed by atoms with van der Waals surface area (Å²) in [5, 5.41) is 9.98. The highest BCUT2D eigenvalue weighted by Gasteiger charge is 2.25. The van der Waals surface area contributed by atoms with E-state index in [1.165, 1.54) is 0 Å². The van der Waals surface area contributed by atoms with Gasteiger partial charge < -0.3 is 19.0 Å². The van der Waals surface area contributed by atoms with Crippen LogP contribution in [0.25, 0.3) is 0 Å². The van der Waals surface area contributed by atoms with Crippen LogP contribution in [0.3, 0.4) is 0 Å². The minimum absolute atomic E-state index is 0.0457. The van der Waals surface area contributed by atoms with Crippen LogP contribution in [0.4, 0.5) is 0 Å². The van der Waals surface area contributed by atoms with Gasteiger partial charge >= 0.3 is 0 Å². The lowest BCUT2D eigenvalue weighted by atomic mass is 10.2. The number of hydrogen-bond donors (Lipinski definition) is 1. The molecule has 1 saturated heterocycles. The second kappa shape index (κ2) is 7.22. The molecule has 2 atom stereocenters. The molecule has 1 aromatic rings. The fourth-order valence-corrected chi connectivity index (χ4v) is 2.32. The van der Waals surface area contributed by atoms with Gasteiger partial charge in [0.2, 0.25) is 0 Å². The summed E-state index contributed by atoms with van der Waals surface area (Å²) in [4.78, 5) is 2.19. The third kappa shape index (κ3) is 4.59. The number of furan rings is 1. The standard InChI is InChI=1S/C15H25NO4/c1-11(2)19-10-13(17)8-16-6-7-18-15(9-16)14-5-4-12(3)20-14/h4-5,11,13,15,17H,6-10H2,1-3H3. The Morgan fingerprint density at radius 2 is 2.25 bits per heavy atom. The maximum atomic E-state index is 9.98. The van der Waals surface area contributed by atoms with Gasteiger partial charge in [-0.25, -0.2) is 0 Å². The van der Waals surface area contributed by atoms with E-state index in [9.17, 15) is 5.11 Å². The average Bonchev–Trinajstić information content (AvgIpc) is 2.83. The normalized spacial score (nSPS) is 22.4. The van der Waals surface area contributed by atoms with Crippen molar-refractivity contribution in [3.8, 4) is 0 Å². The number of β-amino-alcohol motifs (C(OH)–C–C–N with tert-alkyl or cyclic N) is 1. The third-order valence-electron chi connectivity index (χ3n) is 3.32. The van der Waals surface area contributed by atoms with Crippen molar-refractivity contribution >= 4 is 0 Å². The molecule has 5 heteroatoms. The molecule has 1 aromatic heterocycles. The molecule has 0 aromatic carbocycles. The van der Waals surface area contributed by atoms with Gasteiger partial charge in [-0.3, -0.25) is 4.90 Å². The van der Waals surface area contributed by atoms with E-state index in [1.54, 1.807) is 0 Å². The number of hydrogen-bond acceptors (Lipinski definition) is 5. The number of aryl methyl sites for hydroxylation is 1. The first-order chi connectivity index (χ1) is 9.54. The zero-order chi connectivity index (χ0) is 14.5. The highest BCUT2D eigenvalue weighted by Crippen LogP contribution is 2.24. The zero-order valence-electron chi connectivity index (χ0n) is 12.5.